The summed E-state index contributed by atoms with van der Waals surface area (Å²) in [5, 5.41) is 13.5. The van der Waals surface area contributed by atoms with Crippen LogP contribution >= 0.6 is 0 Å². The van der Waals surface area contributed by atoms with E-state index in [1.54, 1.807) is 0 Å². The first kappa shape index (κ1) is 18.4. The largest absolute Gasteiger partial charge is 0.394 e. The normalized spacial score (nSPS) is 21.3. The van der Waals surface area contributed by atoms with E-state index < -0.39 is 0 Å². The molecule has 1 aromatic rings. The number of aliphatic hydroxyl groups excluding tert-OH is 1. The molecule has 1 atom stereocenters. The molecule has 0 bridgehead atoms. The zero-order valence-corrected chi connectivity index (χ0v) is 15.5. The van der Waals surface area contributed by atoms with Crippen molar-refractivity contribution in [1.82, 2.24) is 10.2 Å². The van der Waals surface area contributed by atoms with Gasteiger partial charge in [-0.1, -0.05) is 31.4 Å². The summed E-state index contributed by atoms with van der Waals surface area (Å²) in [6, 6.07) is 7.95. The molecule has 0 aromatic heterocycles. The van der Waals surface area contributed by atoms with Gasteiger partial charge in [-0.05, 0) is 56.2 Å². The Morgan fingerprint density at radius 3 is 2.36 bits per heavy atom. The van der Waals surface area contributed by atoms with E-state index >= 15 is 0 Å². The lowest BCUT2D eigenvalue weighted by molar-refractivity contribution is 0.0793. The number of hydrogen-bond acceptors (Lipinski definition) is 3. The van der Waals surface area contributed by atoms with E-state index in [0.29, 0.717) is 5.92 Å². The van der Waals surface area contributed by atoms with Crippen LogP contribution in [0.4, 0.5) is 0 Å². The van der Waals surface area contributed by atoms with E-state index in [4.69, 9.17) is 0 Å². The molecule has 2 N–H and O–H groups in total. The van der Waals surface area contributed by atoms with Gasteiger partial charge in [0, 0.05) is 30.7 Å². The van der Waals surface area contributed by atoms with Gasteiger partial charge in [-0.3, -0.25) is 4.79 Å². The Balaban J connectivity index is 1.57. The van der Waals surface area contributed by atoms with Gasteiger partial charge in [0.25, 0.3) is 5.91 Å². The minimum absolute atomic E-state index is 0.152. The summed E-state index contributed by atoms with van der Waals surface area (Å²) in [5.74, 6) is 0.696. The van der Waals surface area contributed by atoms with E-state index in [1.165, 1.54) is 32.1 Å². The molecule has 0 spiro atoms. The molecule has 1 amide bonds. The molecule has 1 aliphatic heterocycles. The lowest BCUT2D eigenvalue weighted by Crippen LogP contribution is -2.52. The third-order valence-corrected chi connectivity index (χ3v) is 6.13. The molecule has 0 radical (unpaired) electrons. The molecule has 4 heteroatoms. The Kier molecular flexibility index (Phi) is 6.13. The van der Waals surface area contributed by atoms with Crippen molar-refractivity contribution in [2.24, 2.45) is 5.92 Å². The predicted molar refractivity (Wildman–Crippen MR) is 100 cm³/mol. The molecule has 2 fully saturated rings. The molecular weight excluding hydrogens is 312 g/mol. The SMILES string of the molecule is CC(CO)(NCc1ccc(C(=O)N2CCCC2)cc1)C1CCCCC1. The van der Waals surface area contributed by atoms with Crippen molar-refractivity contribution in [3.8, 4) is 0 Å². The van der Waals surface area contributed by atoms with E-state index in [-0.39, 0.29) is 18.1 Å². The monoisotopic (exact) mass is 344 g/mol. The van der Waals surface area contributed by atoms with Crippen LogP contribution in [0.5, 0.6) is 0 Å². The summed E-state index contributed by atoms with van der Waals surface area (Å²) in [5.41, 5.74) is 1.72. The van der Waals surface area contributed by atoms with Crippen molar-refractivity contribution in [3.63, 3.8) is 0 Å². The summed E-state index contributed by atoms with van der Waals surface area (Å²) in [4.78, 5) is 14.3. The maximum absolute atomic E-state index is 12.4. The van der Waals surface area contributed by atoms with E-state index in [9.17, 15) is 9.90 Å². The van der Waals surface area contributed by atoms with Crippen molar-refractivity contribution in [3.05, 3.63) is 35.4 Å². The molecule has 1 heterocycles. The van der Waals surface area contributed by atoms with Crippen molar-refractivity contribution in [1.29, 1.82) is 0 Å². The van der Waals surface area contributed by atoms with E-state index in [1.807, 2.05) is 29.2 Å². The summed E-state index contributed by atoms with van der Waals surface area (Å²) in [7, 11) is 0. The number of carbonyl (C=O) groups is 1. The van der Waals surface area contributed by atoms with Gasteiger partial charge in [0.1, 0.15) is 0 Å². The third-order valence-electron chi connectivity index (χ3n) is 6.13. The van der Waals surface area contributed by atoms with Crippen LogP contribution in [0.3, 0.4) is 0 Å². The summed E-state index contributed by atoms with van der Waals surface area (Å²) < 4.78 is 0. The minimum atomic E-state index is -0.218. The average molecular weight is 344 g/mol. The molecule has 1 saturated carbocycles. The highest BCUT2D eigenvalue weighted by Gasteiger charge is 2.33. The van der Waals surface area contributed by atoms with Crippen LogP contribution in [0.15, 0.2) is 24.3 Å². The quantitative estimate of drug-likeness (QED) is 0.832. The Morgan fingerprint density at radius 1 is 1.12 bits per heavy atom. The number of nitrogens with zero attached hydrogens (tertiary/aromatic N) is 1. The molecule has 1 aliphatic carbocycles. The highest BCUT2D eigenvalue weighted by Crippen LogP contribution is 2.32. The van der Waals surface area contributed by atoms with Gasteiger partial charge < -0.3 is 15.3 Å². The number of likely N-dealkylation sites (tertiary alicyclic amines) is 1. The smallest absolute Gasteiger partial charge is 0.253 e. The fourth-order valence-electron chi connectivity index (χ4n) is 4.24. The van der Waals surface area contributed by atoms with Gasteiger partial charge in [-0.2, -0.15) is 0 Å². The van der Waals surface area contributed by atoms with Crippen LogP contribution in [0.25, 0.3) is 0 Å². The van der Waals surface area contributed by atoms with Crippen LogP contribution in [0.2, 0.25) is 0 Å². The predicted octanol–water partition coefficient (Wildman–Crippen LogP) is 3.34. The standard InChI is InChI=1S/C21H32N2O2/c1-21(16-24,19-7-3-2-4-8-19)22-15-17-9-11-18(12-10-17)20(25)23-13-5-6-14-23/h9-12,19,22,24H,2-8,13-16H2,1H3. The van der Waals surface area contributed by atoms with E-state index in [0.717, 1.165) is 43.6 Å². The number of amides is 1. The van der Waals surface area contributed by atoms with Crippen LogP contribution in [0, 0.1) is 5.92 Å². The second-order valence-corrected chi connectivity index (χ2v) is 7.96. The molecule has 25 heavy (non-hydrogen) atoms. The van der Waals surface area contributed by atoms with Crippen LogP contribution < -0.4 is 5.32 Å². The number of carbonyl (C=O) groups excluding carboxylic acids is 1. The van der Waals surface area contributed by atoms with Gasteiger partial charge >= 0.3 is 0 Å². The van der Waals surface area contributed by atoms with Crippen LogP contribution in [-0.4, -0.2) is 41.1 Å². The molecule has 1 saturated heterocycles. The number of hydrogen-bond donors (Lipinski definition) is 2. The Morgan fingerprint density at radius 2 is 1.76 bits per heavy atom. The van der Waals surface area contributed by atoms with Crippen LogP contribution in [0.1, 0.15) is 67.8 Å². The molecule has 3 rings (SSSR count). The van der Waals surface area contributed by atoms with Gasteiger partial charge in [0.2, 0.25) is 0 Å². The van der Waals surface area contributed by atoms with Crippen molar-refractivity contribution >= 4 is 5.91 Å². The number of aliphatic hydroxyl groups is 1. The highest BCUT2D eigenvalue weighted by atomic mass is 16.3. The second-order valence-electron chi connectivity index (χ2n) is 7.96. The second kappa shape index (κ2) is 8.33. The average Bonchev–Trinajstić information content (AvgIpc) is 3.21. The summed E-state index contributed by atoms with van der Waals surface area (Å²) in [6.45, 7) is 4.82. The zero-order valence-electron chi connectivity index (χ0n) is 15.5. The van der Waals surface area contributed by atoms with Gasteiger partial charge in [0.15, 0.2) is 0 Å². The lowest BCUT2D eigenvalue weighted by Gasteiger charge is -2.39. The first-order valence-electron chi connectivity index (χ1n) is 9.86. The molecule has 4 nitrogen and oxygen atoms in total. The number of benzene rings is 1. The van der Waals surface area contributed by atoms with Gasteiger partial charge in [-0.25, -0.2) is 0 Å². The summed E-state index contributed by atoms with van der Waals surface area (Å²) in [6.07, 6.45) is 8.51. The lowest BCUT2D eigenvalue weighted by atomic mass is 9.76. The first-order valence-corrected chi connectivity index (χ1v) is 9.86. The fourth-order valence-corrected chi connectivity index (χ4v) is 4.24. The summed E-state index contributed by atoms with van der Waals surface area (Å²) >= 11 is 0. The number of rotatable bonds is 6. The van der Waals surface area contributed by atoms with Gasteiger partial charge in [-0.15, -0.1) is 0 Å². The minimum Gasteiger partial charge on any atom is -0.394 e. The Hall–Kier alpha value is -1.39. The van der Waals surface area contributed by atoms with E-state index in [2.05, 4.69) is 12.2 Å². The first-order chi connectivity index (χ1) is 12.1. The number of nitrogens with one attached hydrogen (secondary N) is 1. The maximum Gasteiger partial charge on any atom is 0.253 e. The highest BCUT2D eigenvalue weighted by molar-refractivity contribution is 5.94. The van der Waals surface area contributed by atoms with Gasteiger partial charge in [0.05, 0.1) is 6.61 Å². The Bertz CT molecular complexity index is 560. The zero-order chi connectivity index (χ0) is 17.7. The topological polar surface area (TPSA) is 52.6 Å². The maximum atomic E-state index is 12.4. The molecular formula is C21H32N2O2. The molecule has 138 valence electrons. The Labute approximate surface area is 151 Å². The van der Waals surface area contributed by atoms with Crippen LogP contribution in [-0.2, 0) is 6.54 Å². The van der Waals surface area contributed by atoms with Crippen molar-refractivity contribution in [2.45, 2.75) is 64.0 Å². The fraction of sp³-hybridized carbons (Fsp3) is 0.667. The molecule has 1 unspecified atom stereocenters. The van der Waals surface area contributed by atoms with Crippen molar-refractivity contribution < 1.29 is 9.90 Å². The third kappa shape index (κ3) is 4.42. The molecule has 1 aromatic carbocycles. The van der Waals surface area contributed by atoms with Crippen molar-refractivity contribution in [2.75, 3.05) is 19.7 Å². The molecule has 2 aliphatic rings.